The summed E-state index contributed by atoms with van der Waals surface area (Å²) in [5.74, 6) is -0.252. The van der Waals surface area contributed by atoms with Crippen LogP contribution in [0.15, 0.2) is 84.5 Å². The molecule has 1 N–H and O–H groups in total. The minimum absolute atomic E-state index is 0.138. The molecular formula is C30H25BrN2O7S. The Kier molecular flexibility index (Phi) is 7.83. The molecule has 0 saturated carbocycles. The van der Waals surface area contributed by atoms with E-state index in [4.69, 9.17) is 13.9 Å². The molecule has 0 radical (unpaired) electrons. The smallest absolute Gasteiger partial charge is 0.338 e. The fourth-order valence-electron chi connectivity index (χ4n) is 4.59. The lowest BCUT2D eigenvalue weighted by Crippen LogP contribution is -2.40. The van der Waals surface area contributed by atoms with E-state index in [1.807, 2.05) is 12.1 Å². The Hall–Kier alpha value is -4.22. The Morgan fingerprint density at radius 2 is 1.95 bits per heavy atom. The Balaban J connectivity index is 1.66. The molecule has 0 aliphatic carbocycles. The van der Waals surface area contributed by atoms with Crippen molar-refractivity contribution >= 4 is 45.3 Å². The SMILES string of the molecule is COc1ccc(Br)cc1[C@@H]1C(C(=O)OC(C)C)=C(C)N=c2s/c(=C\c3ccc(-c4cccc(C(=O)O)c4)o3)c(=O)n21. The predicted molar refractivity (Wildman–Crippen MR) is 157 cm³/mol. The fraction of sp³-hybridized carbons (Fsp3) is 0.200. The molecule has 9 nitrogen and oxygen atoms in total. The van der Waals surface area contributed by atoms with Crippen molar-refractivity contribution in [2.75, 3.05) is 7.11 Å². The van der Waals surface area contributed by atoms with Crippen molar-refractivity contribution in [1.29, 1.82) is 0 Å². The first-order valence-corrected chi connectivity index (χ1v) is 14.2. The lowest BCUT2D eigenvalue weighted by atomic mass is 9.95. The highest BCUT2D eigenvalue weighted by Crippen LogP contribution is 2.37. The first-order chi connectivity index (χ1) is 19.6. The second-order valence-electron chi connectivity index (χ2n) is 9.51. The summed E-state index contributed by atoms with van der Waals surface area (Å²) in [6.07, 6.45) is 1.23. The normalized spacial score (nSPS) is 15.1. The number of carboxylic acid groups (broad SMARTS) is 1. The summed E-state index contributed by atoms with van der Waals surface area (Å²) in [7, 11) is 1.53. The van der Waals surface area contributed by atoms with Gasteiger partial charge in [0.25, 0.3) is 5.56 Å². The summed E-state index contributed by atoms with van der Waals surface area (Å²) >= 11 is 4.67. The molecule has 1 aliphatic rings. The molecule has 11 heteroatoms. The van der Waals surface area contributed by atoms with Gasteiger partial charge in [-0.05, 0) is 63.2 Å². The molecule has 5 rings (SSSR count). The second-order valence-corrected chi connectivity index (χ2v) is 11.4. The Labute approximate surface area is 246 Å². The van der Waals surface area contributed by atoms with E-state index in [0.29, 0.717) is 43.4 Å². The number of thiazole rings is 1. The van der Waals surface area contributed by atoms with Gasteiger partial charge >= 0.3 is 11.9 Å². The van der Waals surface area contributed by atoms with Crippen LogP contribution in [-0.4, -0.2) is 34.8 Å². The largest absolute Gasteiger partial charge is 0.496 e. The van der Waals surface area contributed by atoms with Crippen molar-refractivity contribution in [2.45, 2.75) is 32.9 Å². The molecule has 0 fully saturated rings. The van der Waals surface area contributed by atoms with E-state index in [2.05, 4.69) is 20.9 Å². The Bertz CT molecular complexity index is 1900. The molecule has 0 unspecified atom stereocenters. The molecule has 4 aromatic rings. The number of esters is 1. The maximum atomic E-state index is 13.9. The third kappa shape index (κ3) is 5.55. The van der Waals surface area contributed by atoms with Crippen LogP contribution in [0.4, 0.5) is 0 Å². The first-order valence-electron chi connectivity index (χ1n) is 12.6. The third-order valence-electron chi connectivity index (χ3n) is 6.36. The third-order valence-corrected chi connectivity index (χ3v) is 7.84. The molecule has 2 aromatic heterocycles. The number of halogens is 1. The number of hydrogen-bond acceptors (Lipinski definition) is 8. The summed E-state index contributed by atoms with van der Waals surface area (Å²) in [5, 5.41) is 9.31. The number of carbonyl (C=O) groups excluding carboxylic acids is 1. The van der Waals surface area contributed by atoms with Gasteiger partial charge in [-0.15, -0.1) is 0 Å². The molecule has 0 bridgehead atoms. The number of aromatic nitrogens is 1. The van der Waals surface area contributed by atoms with E-state index in [0.717, 1.165) is 4.47 Å². The average Bonchev–Trinajstić information content (AvgIpc) is 3.51. The molecule has 210 valence electrons. The zero-order valence-electron chi connectivity index (χ0n) is 22.5. The monoisotopic (exact) mass is 636 g/mol. The fourth-order valence-corrected chi connectivity index (χ4v) is 6.00. The van der Waals surface area contributed by atoms with Crippen molar-refractivity contribution in [1.82, 2.24) is 4.57 Å². The highest BCUT2D eigenvalue weighted by molar-refractivity contribution is 9.10. The Morgan fingerprint density at radius 3 is 2.66 bits per heavy atom. The number of furan rings is 1. The van der Waals surface area contributed by atoms with Crippen LogP contribution in [0.3, 0.4) is 0 Å². The lowest BCUT2D eigenvalue weighted by Gasteiger charge is -2.26. The van der Waals surface area contributed by atoms with Crippen molar-refractivity contribution in [3.8, 4) is 17.1 Å². The van der Waals surface area contributed by atoms with Crippen LogP contribution < -0.4 is 19.6 Å². The van der Waals surface area contributed by atoms with Gasteiger partial charge in [0.05, 0.1) is 34.6 Å². The summed E-state index contributed by atoms with van der Waals surface area (Å²) in [5.41, 5.74) is 1.64. The van der Waals surface area contributed by atoms with Crippen molar-refractivity contribution in [3.05, 3.63) is 107 Å². The van der Waals surface area contributed by atoms with E-state index < -0.39 is 18.0 Å². The molecule has 2 aromatic carbocycles. The molecule has 0 amide bonds. The zero-order chi connectivity index (χ0) is 29.4. The Morgan fingerprint density at radius 1 is 1.17 bits per heavy atom. The molecule has 3 heterocycles. The number of carboxylic acids is 1. The number of fused-ring (bicyclic) bond motifs is 1. The summed E-state index contributed by atoms with van der Waals surface area (Å²) in [6, 6.07) is 14.4. The molecule has 0 spiro atoms. The maximum absolute atomic E-state index is 13.9. The standard InChI is InChI=1S/C30H25BrN2O7S/c1-15(2)39-29(37)25-16(3)32-30-33(26(25)21-13-19(31)8-10-23(21)38-4)27(34)24(41-30)14-20-9-11-22(40-20)17-6-5-7-18(12-17)28(35)36/h5-15,26H,1-4H3,(H,35,36)/b24-14-/t26-/m1/s1. The minimum atomic E-state index is -1.04. The number of nitrogens with zero attached hydrogens (tertiary/aromatic N) is 2. The zero-order valence-corrected chi connectivity index (χ0v) is 24.9. The number of carbonyl (C=O) groups is 2. The molecule has 41 heavy (non-hydrogen) atoms. The van der Waals surface area contributed by atoms with E-state index in [9.17, 15) is 19.5 Å². The number of benzene rings is 2. The van der Waals surface area contributed by atoms with Crippen LogP contribution >= 0.6 is 27.3 Å². The maximum Gasteiger partial charge on any atom is 0.338 e. The lowest BCUT2D eigenvalue weighted by molar-refractivity contribution is -0.143. The highest BCUT2D eigenvalue weighted by atomic mass is 79.9. The number of allylic oxidation sites excluding steroid dienone is 1. The van der Waals surface area contributed by atoms with Gasteiger partial charge in [0, 0.05) is 21.7 Å². The average molecular weight is 638 g/mol. The summed E-state index contributed by atoms with van der Waals surface area (Å²) < 4.78 is 19.7. The summed E-state index contributed by atoms with van der Waals surface area (Å²) in [6.45, 7) is 5.23. The first kappa shape index (κ1) is 28.3. The van der Waals surface area contributed by atoms with Gasteiger partial charge < -0.3 is 19.0 Å². The van der Waals surface area contributed by atoms with Crippen molar-refractivity contribution in [3.63, 3.8) is 0 Å². The molecule has 1 atom stereocenters. The van der Waals surface area contributed by atoms with Gasteiger partial charge in [0.15, 0.2) is 4.80 Å². The van der Waals surface area contributed by atoms with Gasteiger partial charge in [-0.25, -0.2) is 14.6 Å². The molecule has 1 aliphatic heterocycles. The van der Waals surface area contributed by atoms with E-state index >= 15 is 0 Å². The predicted octanol–water partition coefficient (Wildman–Crippen LogP) is 4.92. The van der Waals surface area contributed by atoms with Crippen molar-refractivity contribution < 1.29 is 28.6 Å². The van der Waals surface area contributed by atoms with Gasteiger partial charge in [0.1, 0.15) is 23.3 Å². The van der Waals surface area contributed by atoms with E-state index in [1.54, 1.807) is 57.2 Å². The molecular weight excluding hydrogens is 612 g/mol. The van der Waals surface area contributed by atoms with Crippen LogP contribution in [0.2, 0.25) is 0 Å². The van der Waals surface area contributed by atoms with Gasteiger partial charge in [0.2, 0.25) is 0 Å². The van der Waals surface area contributed by atoms with Gasteiger partial charge in [-0.2, -0.15) is 0 Å². The van der Waals surface area contributed by atoms with Crippen LogP contribution in [0.5, 0.6) is 5.75 Å². The van der Waals surface area contributed by atoms with Crippen molar-refractivity contribution in [2.24, 2.45) is 4.99 Å². The van der Waals surface area contributed by atoms with Gasteiger partial charge in [-0.3, -0.25) is 9.36 Å². The number of rotatable bonds is 7. The highest BCUT2D eigenvalue weighted by Gasteiger charge is 2.35. The number of ether oxygens (including phenoxy) is 2. The minimum Gasteiger partial charge on any atom is -0.496 e. The van der Waals surface area contributed by atoms with Crippen LogP contribution in [0, 0.1) is 0 Å². The van der Waals surface area contributed by atoms with Crippen LogP contribution in [-0.2, 0) is 9.53 Å². The number of methoxy groups -OCH3 is 1. The van der Waals surface area contributed by atoms with E-state index in [-0.39, 0.29) is 22.8 Å². The van der Waals surface area contributed by atoms with Crippen LogP contribution in [0.25, 0.3) is 17.4 Å². The number of hydrogen-bond donors (Lipinski definition) is 1. The summed E-state index contributed by atoms with van der Waals surface area (Å²) in [4.78, 5) is 43.7. The second kappa shape index (κ2) is 11.3. The number of aromatic carboxylic acids is 1. The topological polar surface area (TPSA) is 120 Å². The van der Waals surface area contributed by atoms with Crippen LogP contribution in [0.1, 0.15) is 48.5 Å². The quantitative estimate of drug-likeness (QED) is 0.286. The van der Waals surface area contributed by atoms with E-state index in [1.165, 1.54) is 35.1 Å². The molecule has 0 saturated heterocycles. The van der Waals surface area contributed by atoms with Gasteiger partial charge in [-0.1, -0.05) is 39.4 Å².